The van der Waals surface area contributed by atoms with Crippen molar-refractivity contribution in [1.82, 2.24) is 0 Å². The van der Waals surface area contributed by atoms with E-state index < -0.39 is 25.8 Å². The second-order valence-electron chi connectivity index (χ2n) is 6.82. The normalized spacial score (nSPS) is 11.5. The summed E-state index contributed by atoms with van der Waals surface area (Å²) < 4.78 is 60.5. The molecule has 0 unspecified atom stereocenters. The third-order valence-corrected chi connectivity index (χ3v) is 7.11. The van der Waals surface area contributed by atoms with Crippen LogP contribution in [0.1, 0.15) is 6.92 Å². The van der Waals surface area contributed by atoms with E-state index in [4.69, 9.17) is 4.74 Å². The fraction of sp³-hybridized carbons (Fsp3) is 0.0952. The van der Waals surface area contributed by atoms with Crippen LogP contribution in [0.3, 0.4) is 0 Å². The monoisotopic (exact) mass is 491 g/mol. The second kappa shape index (κ2) is 9.38. The zero-order chi connectivity index (χ0) is 24.2. The van der Waals surface area contributed by atoms with Crippen LogP contribution in [-0.2, 0) is 24.8 Å². The molecule has 0 fully saturated rings. The molecule has 3 rings (SSSR count). The molecule has 0 heterocycles. The molecule has 0 aliphatic rings. The van der Waals surface area contributed by atoms with Crippen molar-refractivity contribution in [2.75, 3.05) is 21.9 Å². The number of aromatic hydroxyl groups is 1. The Balaban J connectivity index is 1.85. The molecule has 0 atom stereocenters. The Morgan fingerprint density at radius 2 is 1.33 bits per heavy atom. The molecule has 0 aliphatic heterocycles. The number of phenolic OH excluding ortho intramolecular Hbond substituents is 1. The average molecular weight is 492 g/mol. The molecule has 0 radical (unpaired) electrons. The van der Waals surface area contributed by atoms with Crippen molar-refractivity contribution in [2.24, 2.45) is 0 Å². The van der Waals surface area contributed by atoms with Gasteiger partial charge in [-0.2, -0.15) is 0 Å². The van der Waals surface area contributed by atoms with Crippen LogP contribution in [0.25, 0.3) is 0 Å². The molecule has 174 valence electrons. The third-order valence-electron chi connectivity index (χ3n) is 4.35. The number of phenols is 1. The molecule has 0 saturated carbocycles. The van der Waals surface area contributed by atoms with Gasteiger partial charge in [-0.1, -0.05) is 0 Å². The minimum atomic E-state index is -4.16. The summed E-state index contributed by atoms with van der Waals surface area (Å²) in [6.07, 6.45) is 0. The summed E-state index contributed by atoms with van der Waals surface area (Å²) in [5, 5.41) is 12.6. The van der Waals surface area contributed by atoms with E-state index in [0.29, 0.717) is 11.4 Å². The van der Waals surface area contributed by atoms with Crippen molar-refractivity contribution < 1.29 is 31.5 Å². The Morgan fingerprint density at radius 1 is 0.788 bits per heavy atom. The SMILES string of the molecule is COc1ccc(NS(=O)(=O)c2ccc(O)c(NS(=O)(=O)c3ccc(NC(C)=O)cc3)c2)cc1. The zero-order valence-corrected chi connectivity index (χ0v) is 19.2. The summed E-state index contributed by atoms with van der Waals surface area (Å²) in [5.74, 6) is -0.226. The number of benzene rings is 3. The van der Waals surface area contributed by atoms with Crippen LogP contribution in [0.2, 0.25) is 0 Å². The predicted molar refractivity (Wildman–Crippen MR) is 123 cm³/mol. The Bertz CT molecular complexity index is 1370. The molecule has 10 nitrogen and oxygen atoms in total. The maximum atomic E-state index is 12.7. The van der Waals surface area contributed by atoms with Gasteiger partial charge in [0.25, 0.3) is 20.0 Å². The number of rotatable bonds is 8. The van der Waals surface area contributed by atoms with E-state index in [2.05, 4.69) is 14.8 Å². The van der Waals surface area contributed by atoms with Gasteiger partial charge >= 0.3 is 0 Å². The maximum absolute atomic E-state index is 12.7. The lowest BCUT2D eigenvalue weighted by molar-refractivity contribution is -0.114. The molecule has 0 aliphatic carbocycles. The summed E-state index contributed by atoms with van der Waals surface area (Å²) >= 11 is 0. The van der Waals surface area contributed by atoms with Gasteiger partial charge in [-0.05, 0) is 66.7 Å². The van der Waals surface area contributed by atoms with Gasteiger partial charge in [0, 0.05) is 18.3 Å². The number of carbonyl (C=O) groups is 1. The molecule has 0 aromatic heterocycles. The smallest absolute Gasteiger partial charge is 0.262 e. The summed E-state index contributed by atoms with van der Waals surface area (Å²) in [6.45, 7) is 1.32. The molecule has 0 saturated heterocycles. The largest absolute Gasteiger partial charge is 0.506 e. The quantitative estimate of drug-likeness (QED) is 0.354. The van der Waals surface area contributed by atoms with Gasteiger partial charge in [-0.15, -0.1) is 0 Å². The zero-order valence-electron chi connectivity index (χ0n) is 17.6. The molecule has 1 amide bonds. The van der Waals surface area contributed by atoms with Gasteiger partial charge in [0.2, 0.25) is 5.91 Å². The highest BCUT2D eigenvalue weighted by Crippen LogP contribution is 2.30. The van der Waals surface area contributed by atoms with Crippen molar-refractivity contribution in [3.8, 4) is 11.5 Å². The summed E-state index contributed by atoms with van der Waals surface area (Å²) in [5.41, 5.74) is 0.353. The molecule has 33 heavy (non-hydrogen) atoms. The first-order valence-corrected chi connectivity index (χ1v) is 12.4. The Labute approximate surface area is 191 Å². The molecule has 4 N–H and O–H groups in total. The Kier molecular flexibility index (Phi) is 6.79. The summed E-state index contributed by atoms with van der Waals surface area (Å²) in [6, 6.07) is 14.7. The van der Waals surface area contributed by atoms with Gasteiger partial charge in [0.15, 0.2) is 0 Å². The first kappa shape index (κ1) is 23.9. The number of nitrogens with one attached hydrogen (secondary N) is 3. The van der Waals surface area contributed by atoms with E-state index in [1.807, 2.05) is 0 Å². The Morgan fingerprint density at radius 3 is 1.91 bits per heavy atom. The van der Waals surface area contributed by atoms with Gasteiger partial charge in [-0.25, -0.2) is 16.8 Å². The van der Waals surface area contributed by atoms with Crippen LogP contribution >= 0.6 is 0 Å². The number of carbonyl (C=O) groups excluding carboxylic acids is 1. The van der Waals surface area contributed by atoms with Gasteiger partial charge in [-0.3, -0.25) is 14.2 Å². The molecular formula is C21H21N3O7S2. The van der Waals surface area contributed by atoms with E-state index >= 15 is 0 Å². The van der Waals surface area contributed by atoms with Crippen molar-refractivity contribution in [1.29, 1.82) is 0 Å². The van der Waals surface area contributed by atoms with Crippen molar-refractivity contribution in [3.63, 3.8) is 0 Å². The number of hydrogen-bond acceptors (Lipinski definition) is 7. The number of methoxy groups -OCH3 is 1. The summed E-state index contributed by atoms with van der Waals surface area (Å²) in [7, 11) is -6.77. The number of hydrogen-bond donors (Lipinski definition) is 4. The first-order chi connectivity index (χ1) is 15.5. The minimum Gasteiger partial charge on any atom is -0.506 e. The molecule has 0 spiro atoms. The second-order valence-corrected chi connectivity index (χ2v) is 10.2. The van der Waals surface area contributed by atoms with E-state index in [1.165, 1.54) is 50.4 Å². The first-order valence-electron chi connectivity index (χ1n) is 9.40. The number of sulfonamides is 2. The maximum Gasteiger partial charge on any atom is 0.262 e. The number of amides is 1. The van der Waals surface area contributed by atoms with E-state index in [0.717, 1.165) is 18.2 Å². The minimum absolute atomic E-state index is 0.152. The third kappa shape index (κ3) is 5.93. The van der Waals surface area contributed by atoms with Crippen LogP contribution in [0.15, 0.2) is 76.5 Å². The fourth-order valence-corrected chi connectivity index (χ4v) is 4.91. The van der Waals surface area contributed by atoms with Gasteiger partial charge in [0.1, 0.15) is 11.5 Å². The number of ether oxygens (including phenoxy) is 1. The van der Waals surface area contributed by atoms with E-state index in [-0.39, 0.29) is 27.1 Å². The fourth-order valence-electron chi connectivity index (χ4n) is 2.76. The van der Waals surface area contributed by atoms with Crippen LogP contribution in [-0.4, -0.2) is 35.0 Å². The highest BCUT2D eigenvalue weighted by Gasteiger charge is 2.20. The highest BCUT2D eigenvalue weighted by atomic mass is 32.2. The summed E-state index contributed by atoms with van der Waals surface area (Å²) in [4.78, 5) is 10.7. The number of anilines is 3. The van der Waals surface area contributed by atoms with Gasteiger partial charge in [0.05, 0.1) is 22.6 Å². The topological polar surface area (TPSA) is 151 Å². The van der Waals surface area contributed by atoms with Crippen LogP contribution in [0.4, 0.5) is 17.1 Å². The average Bonchev–Trinajstić information content (AvgIpc) is 2.75. The standard InChI is InChI=1S/C21H21N3O7S2/c1-14(25)22-15-5-9-18(10-6-15)32(27,28)24-20-13-19(11-12-21(20)26)33(29,30)23-16-3-7-17(31-2)8-4-16/h3-13,23-24,26H,1-2H3,(H,22,25). The van der Waals surface area contributed by atoms with Crippen molar-refractivity contribution in [2.45, 2.75) is 16.7 Å². The predicted octanol–water partition coefficient (Wildman–Crippen LogP) is 2.96. The molecular weight excluding hydrogens is 470 g/mol. The molecule has 0 bridgehead atoms. The van der Waals surface area contributed by atoms with Crippen molar-refractivity contribution in [3.05, 3.63) is 66.7 Å². The molecule has 12 heteroatoms. The Hall–Kier alpha value is -3.77. The van der Waals surface area contributed by atoms with Crippen LogP contribution in [0, 0.1) is 0 Å². The lowest BCUT2D eigenvalue weighted by atomic mass is 10.3. The lowest BCUT2D eigenvalue weighted by Gasteiger charge is -2.13. The van der Waals surface area contributed by atoms with Crippen LogP contribution < -0.4 is 19.5 Å². The van der Waals surface area contributed by atoms with Crippen molar-refractivity contribution >= 4 is 43.0 Å². The molecule has 3 aromatic rings. The van der Waals surface area contributed by atoms with Gasteiger partial charge < -0.3 is 15.2 Å². The highest BCUT2D eigenvalue weighted by molar-refractivity contribution is 7.93. The lowest BCUT2D eigenvalue weighted by Crippen LogP contribution is -2.16. The molecule has 3 aromatic carbocycles. The van der Waals surface area contributed by atoms with E-state index in [1.54, 1.807) is 12.1 Å². The van der Waals surface area contributed by atoms with E-state index in [9.17, 15) is 26.7 Å². The van der Waals surface area contributed by atoms with Crippen LogP contribution in [0.5, 0.6) is 11.5 Å².